The first-order valence-corrected chi connectivity index (χ1v) is 5.91. The van der Waals surface area contributed by atoms with E-state index in [4.69, 9.17) is 5.11 Å². The van der Waals surface area contributed by atoms with Gasteiger partial charge in [0.2, 0.25) is 6.41 Å². The highest BCUT2D eigenvalue weighted by Gasteiger charge is 2.36. The molecule has 8 heteroatoms. The maximum Gasteiger partial charge on any atom is 0.419 e. The van der Waals surface area contributed by atoms with Crippen LogP contribution in [0.2, 0.25) is 0 Å². The van der Waals surface area contributed by atoms with Crippen LogP contribution in [-0.2, 0) is 15.8 Å². The van der Waals surface area contributed by atoms with Gasteiger partial charge >= 0.3 is 12.1 Å². The van der Waals surface area contributed by atoms with Crippen molar-refractivity contribution in [1.82, 2.24) is 4.90 Å². The topological polar surface area (TPSA) is 57.6 Å². The number of alkyl halides is 3. The van der Waals surface area contributed by atoms with Gasteiger partial charge in [-0.25, -0.2) is 9.18 Å². The van der Waals surface area contributed by atoms with Gasteiger partial charge in [0.05, 0.1) is 5.56 Å². The van der Waals surface area contributed by atoms with Crippen molar-refractivity contribution in [3.63, 3.8) is 0 Å². The van der Waals surface area contributed by atoms with Crippen LogP contribution in [0, 0.1) is 5.82 Å². The zero-order chi connectivity index (χ0) is 16.4. The molecule has 1 unspecified atom stereocenters. The number of aliphatic carboxylic acids is 1. The van der Waals surface area contributed by atoms with Crippen LogP contribution in [0.4, 0.5) is 17.6 Å². The monoisotopic (exact) mass is 307 g/mol. The van der Waals surface area contributed by atoms with E-state index in [1.165, 1.54) is 13.8 Å². The molecule has 0 saturated heterocycles. The van der Waals surface area contributed by atoms with E-state index < -0.39 is 35.6 Å². The molecule has 1 rings (SSSR count). The molecule has 1 N–H and O–H groups in total. The normalized spacial score (nSPS) is 13.1. The lowest BCUT2D eigenvalue weighted by atomic mass is 10.0. The molecule has 1 aromatic carbocycles. The van der Waals surface area contributed by atoms with E-state index in [1.54, 1.807) is 0 Å². The van der Waals surface area contributed by atoms with Crippen LogP contribution in [0.25, 0.3) is 0 Å². The summed E-state index contributed by atoms with van der Waals surface area (Å²) in [6.45, 7) is 3.02. The Morgan fingerprint density at radius 3 is 2.29 bits per heavy atom. The van der Waals surface area contributed by atoms with Gasteiger partial charge in [0.25, 0.3) is 0 Å². The predicted octanol–water partition coefficient (Wildman–Crippen LogP) is 2.84. The summed E-state index contributed by atoms with van der Waals surface area (Å²) in [5, 5.41) is 9.16. The first kappa shape index (κ1) is 16.9. The van der Waals surface area contributed by atoms with Gasteiger partial charge < -0.3 is 10.0 Å². The molecular formula is C13H13F4NO3. The fraction of sp³-hybridized carbons (Fsp3) is 0.385. The minimum Gasteiger partial charge on any atom is -0.479 e. The highest BCUT2D eigenvalue weighted by molar-refractivity contribution is 5.78. The van der Waals surface area contributed by atoms with Crippen molar-refractivity contribution in [3.8, 4) is 0 Å². The average molecular weight is 307 g/mol. The number of carboxylic acid groups (broad SMARTS) is 1. The number of hydrogen-bond donors (Lipinski definition) is 1. The number of carboxylic acids is 1. The smallest absolute Gasteiger partial charge is 0.419 e. The Morgan fingerprint density at radius 1 is 1.33 bits per heavy atom. The van der Waals surface area contributed by atoms with Crippen molar-refractivity contribution < 1.29 is 32.3 Å². The lowest BCUT2D eigenvalue weighted by Crippen LogP contribution is -2.38. The van der Waals surface area contributed by atoms with Crippen LogP contribution < -0.4 is 0 Å². The van der Waals surface area contributed by atoms with E-state index >= 15 is 0 Å². The second-order valence-electron chi connectivity index (χ2n) is 4.62. The Labute approximate surface area is 118 Å². The predicted molar refractivity (Wildman–Crippen MR) is 64.8 cm³/mol. The van der Waals surface area contributed by atoms with Crippen molar-refractivity contribution in [2.75, 3.05) is 0 Å². The van der Waals surface area contributed by atoms with Crippen LogP contribution in [-0.4, -0.2) is 28.4 Å². The number of rotatable bonds is 5. The SMILES string of the molecule is CC(C)N(C=O)C(C(=O)O)c1ccc(F)c(C(F)(F)F)c1. The van der Waals surface area contributed by atoms with E-state index in [2.05, 4.69) is 0 Å². The van der Waals surface area contributed by atoms with E-state index in [-0.39, 0.29) is 12.0 Å². The molecule has 21 heavy (non-hydrogen) atoms. The van der Waals surface area contributed by atoms with Crippen LogP contribution in [0.3, 0.4) is 0 Å². The Balaban J connectivity index is 3.40. The molecule has 0 spiro atoms. The third-order valence-corrected chi connectivity index (χ3v) is 2.86. The van der Waals surface area contributed by atoms with Gasteiger partial charge in [-0.2, -0.15) is 13.2 Å². The number of carbonyl (C=O) groups excluding carboxylic acids is 1. The number of carbonyl (C=O) groups is 2. The first-order valence-electron chi connectivity index (χ1n) is 5.91. The second kappa shape index (κ2) is 6.11. The van der Waals surface area contributed by atoms with Gasteiger partial charge in [-0.15, -0.1) is 0 Å². The van der Waals surface area contributed by atoms with Gasteiger partial charge in [-0.3, -0.25) is 4.79 Å². The Bertz CT molecular complexity index is 543. The lowest BCUT2D eigenvalue weighted by Gasteiger charge is -2.29. The van der Waals surface area contributed by atoms with Crippen molar-refractivity contribution in [2.24, 2.45) is 0 Å². The van der Waals surface area contributed by atoms with Crippen LogP contribution in [0.1, 0.15) is 31.0 Å². The highest BCUT2D eigenvalue weighted by atomic mass is 19.4. The zero-order valence-corrected chi connectivity index (χ0v) is 11.2. The van der Waals surface area contributed by atoms with Crippen LogP contribution in [0.5, 0.6) is 0 Å². The quantitative estimate of drug-likeness (QED) is 0.672. The standard InChI is InChI=1S/C13H13F4NO3/c1-7(2)18(6-19)11(12(20)21)8-3-4-10(14)9(5-8)13(15,16)17/h3-7,11H,1-2H3,(H,20,21). The number of halogens is 4. The molecule has 0 bridgehead atoms. The van der Waals surface area contributed by atoms with Crippen LogP contribution in [0.15, 0.2) is 18.2 Å². The molecule has 1 atom stereocenters. The molecule has 4 nitrogen and oxygen atoms in total. The largest absolute Gasteiger partial charge is 0.479 e. The summed E-state index contributed by atoms with van der Waals surface area (Å²) in [7, 11) is 0. The Kier molecular flexibility index (Phi) is 4.93. The summed E-state index contributed by atoms with van der Waals surface area (Å²) in [4.78, 5) is 23.1. The maximum absolute atomic E-state index is 13.2. The third kappa shape index (κ3) is 3.71. The first-order chi connectivity index (χ1) is 9.59. The summed E-state index contributed by atoms with van der Waals surface area (Å²) in [6, 6.07) is -0.306. The molecule has 0 fully saturated rings. The molecule has 0 aliphatic heterocycles. The molecule has 0 heterocycles. The van der Waals surface area contributed by atoms with Gasteiger partial charge in [0.1, 0.15) is 5.82 Å². The fourth-order valence-electron chi connectivity index (χ4n) is 1.85. The second-order valence-corrected chi connectivity index (χ2v) is 4.62. The number of amides is 1. The summed E-state index contributed by atoms with van der Waals surface area (Å²) < 4.78 is 51.2. The maximum atomic E-state index is 13.2. The molecule has 0 aliphatic carbocycles. The summed E-state index contributed by atoms with van der Waals surface area (Å²) in [5.41, 5.74) is -1.89. The number of hydrogen-bond acceptors (Lipinski definition) is 2. The van der Waals surface area contributed by atoms with Gasteiger partial charge in [0.15, 0.2) is 6.04 Å². The third-order valence-electron chi connectivity index (χ3n) is 2.86. The lowest BCUT2D eigenvalue weighted by molar-refractivity contribution is -0.148. The molecule has 0 aliphatic rings. The van der Waals surface area contributed by atoms with Crippen molar-refractivity contribution >= 4 is 12.4 Å². The van der Waals surface area contributed by atoms with Crippen molar-refractivity contribution in [3.05, 3.63) is 35.1 Å². The highest BCUT2D eigenvalue weighted by Crippen LogP contribution is 2.34. The van der Waals surface area contributed by atoms with Crippen LogP contribution >= 0.6 is 0 Å². The number of benzene rings is 1. The van der Waals surface area contributed by atoms with Crippen molar-refractivity contribution in [1.29, 1.82) is 0 Å². The average Bonchev–Trinajstić information content (AvgIpc) is 2.34. The Hall–Kier alpha value is -2.12. The minimum absolute atomic E-state index is 0.236. The Morgan fingerprint density at radius 2 is 1.90 bits per heavy atom. The summed E-state index contributed by atoms with van der Waals surface area (Å²) >= 11 is 0. The van der Waals surface area contributed by atoms with E-state index in [9.17, 15) is 27.2 Å². The van der Waals surface area contributed by atoms with Gasteiger partial charge in [-0.05, 0) is 31.5 Å². The molecule has 0 radical (unpaired) electrons. The molecule has 116 valence electrons. The molecule has 0 aromatic heterocycles. The summed E-state index contributed by atoms with van der Waals surface area (Å²) in [6.07, 6.45) is -4.72. The fourth-order valence-corrected chi connectivity index (χ4v) is 1.85. The minimum atomic E-state index is -4.95. The van der Waals surface area contributed by atoms with Gasteiger partial charge in [-0.1, -0.05) is 6.07 Å². The molecule has 0 saturated carbocycles. The molecule has 1 amide bonds. The zero-order valence-electron chi connectivity index (χ0n) is 11.2. The van der Waals surface area contributed by atoms with E-state index in [0.29, 0.717) is 12.1 Å². The number of nitrogens with zero attached hydrogens (tertiary/aromatic N) is 1. The van der Waals surface area contributed by atoms with Crippen molar-refractivity contribution in [2.45, 2.75) is 32.1 Å². The molecular weight excluding hydrogens is 294 g/mol. The summed E-state index contributed by atoms with van der Waals surface area (Å²) in [5.74, 6) is -3.01. The molecule has 1 aromatic rings. The van der Waals surface area contributed by atoms with E-state index in [1.807, 2.05) is 0 Å². The van der Waals surface area contributed by atoms with E-state index in [0.717, 1.165) is 11.0 Å². The van der Waals surface area contributed by atoms with Gasteiger partial charge in [0, 0.05) is 6.04 Å².